The number of hydrogen-bond acceptors (Lipinski definition) is 1. The molecule has 0 heterocycles. The summed E-state index contributed by atoms with van der Waals surface area (Å²) >= 11 is 0. The van der Waals surface area contributed by atoms with Crippen molar-refractivity contribution >= 4 is 11.0 Å². The SMILES string of the molecule is C=CC[C@H](CC)N[S@](=O)C(C)(C)C. The summed E-state index contributed by atoms with van der Waals surface area (Å²) < 4.78 is 14.6. The first-order chi connectivity index (χ1) is 5.91. The van der Waals surface area contributed by atoms with Gasteiger partial charge in [-0.25, -0.2) is 8.93 Å². The van der Waals surface area contributed by atoms with Crippen molar-refractivity contribution in [3.8, 4) is 0 Å². The Balaban J connectivity index is 4.08. The van der Waals surface area contributed by atoms with E-state index in [0.717, 1.165) is 12.8 Å². The fraction of sp³-hybridized carbons (Fsp3) is 0.800. The van der Waals surface area contributed by atoms with Crippen molar-refractivity contribution in [2.75, 3.05) is 0 Å². The molecule has 0 amide bonds. The minimum Gasteiger partial charge on any atom is -0.242 e. The Kier molecular flexibility index (Phi) is 5.49. The second kappa shape index (κ2) is 5.55. The van der Waals surface area contributed by atoms with E-state index in [1.165, 1.54) is 0 Å². The first-order valence-corrected chi connectivity index (χ1v) is 5.85. The smallest absolute Gasteiger partial charge is 0.0972 e. The first-order valence-electron chi connectivity index (χ1n) is 4.70. The molecule has 0 aliphatic carbocycles. The molecular formula is C10H21NOS. The molecule has 0 saturated heterocycles. The summed E-state index contributed by atoms with van der Waals surface area (Å²) in [6.07, 6.45) is 3.72. The minimum absolute atomic E-state index is 0.186. The molecule has 2 atom stereocenters. The molecule has 0 spiro atoms. The molecule has 13 heavy (non-hydrogen) atoms. The Morgan fingerprint density at radius 2 is 2.08 bits per heavy atom. The lowest BCUT2D eigenvalue weighted by Crippen LogP contribution is -2.39. The predicted molar refractivity (Wildman–Crippen MR) is 59.9 cm³/mol. The molecule has 0 radical (unpaired) electrons. The molecule has 78 valence electrons. The van der Waals surface area contributed by atoms with Crippen molar-refractivity contribution in [3.63, 3.8) is 0 Å². The Morgan fingerprint density at radius 1 is 1.54 bits per heavy atom. The molecule has 0 rings (SSSR count). The third-order valence-corrected chi connectivity index (χ3v) is 3.43. The molecule has 0 saturated carbocycles. The fourth-order valence-electron chi connectivity index (χ4n) is 0.827. The Bertz CT molecular complexity index is 184. The maximum absolute atomic E-state index is 11.7. The van der Waals surface area contributed by atoms with Crippen molar-refractivity contribution in [1.82, 2.24) is 4.72 Å². The fourth-order valence-corrected chi connectivity index (χ4v) is 1.75. The molecule has 0 aromatic rings. The normalized spacial score (nSPS) is 16.6. The maximum atomic E-state index is 11.7. The molecule has 0 aliphatic heterocycles. The van der Waals surface area contributed by atoms with E-state index in [4.69, 9.17) is 0 Å². The zero-order chi connectivity index (χ0) is 10.5. The van der Waals surface area contributed by atoms with Gasteiger partial charge in [-0.05, 0) is 33.6 Å². The summed E-state index contributed by atoms with van der Waals surface area (Å²) in [5.74, 6) is 0. The van der Waals surface area contributed by atoms with Crippen LogP contribution in [-0.2, 0) is 11.0 Å². The van der Waals surface area contributed by atoms with E-state index < -0.39 is 11.0 Å². The molecule has 2 nitrogen and oxygen atoms in total. The summed E-state index contributed by atoms with van der Waals surface area (Å²) in [6, 6.07) is 0.289. The van der Waals surface area contributed by atoms with Gasteiger partial charge < -0.3 is 0 Å². The molecule has 0 aromatic carbocycles. The lowest BCUT2D eigenvalue weighted by Gasteiger charge is -2.22. The van der Waals surface area contributed by atoms with Gasteiger partial charge in [-0.3, -0.25) is 0 Å². The highest BCUT2D eigenvalue weighted by atomic mass is 32.2. The van der Waals surface area contributed by atoms with Crippen LogP contribution >= 0.6 is 0 Å². The van der Waals surface area contributed by atoms with Gasteiger partial charge in [-0.1, -0.05) is 13.0 Å². The summed E-state index contributed by atoms with van der Waals surface area (Å²) in [7, 11) is -0.967. The second-order valence-electron chi connectivity index (χ2n) is 4.13. The molecule has 1 N–H and O–H groups in total. The van der Waals surface area contributed by atoms with E-state index >= 15 is 0 Å². The van der Waals surface area contributed by atoms with Crippen LogP contribution in [0.2, 0.25) is 0 Å². The molecular weight excluding hydrogens is 182 g/mol. The van der Waals surface area contributed by atoms with E-state index in [9.17, 15) is 4.21 Å². The standard InChI is InChI=1S/C10H21NOS/c1-6-8-9(7-2)11-13(12)10(3,4)5/h6,9,11H,1,7-8H2,2-5H3/t9-,13+/m0/s1. The average molecular weight is 203 g/mol. The van der Waals surface area contributed by atoms with Crippen molar-refractivity contribution < 1.29 is 4.21 Å². The minimum atomic E-state index is -0.967. The van der Waals surface area contributed by atoms with E-state index in [1.54, 1.807) is 0 Å². The quantitative estimate of drug-likeness (QED) is 0.683. The highest BCUT2D eigenvalue weighted by Crippen LogP contribution is 2.11. The van der Waals surface area contributed by atoms with E-state index in [1.807, 2.05) is 26.8 Å². The summed E-state index contributed by atoms with van der Waals surface area (Å²) in [6.45, 7) is 11.7. The van der Waals surface area contributed by atoms with Crippen LogP contribution in [-0.4, -0.2) is 15.0 Å². The van der Waals surface area contributed by atoms with Crippen LogP contribution < -0.4 is 4.72 Å². The summed E-state index contributed by atoms with van der Waals surface area (Å²) in [5.41, 5.74) is 0. The molecule has 0 unspecified atom stereocenters. The number of nitrogens with one attached hydrogen (secondary N) is 1. The first kappa shape index (κ1) is 12.8. The molecule has 0 aliphatic rings. The molecule has 0 bridgehead atoms. The highest BCUT2D eigenvalue weighted by Gasteiger charge is 2.21. The van der Waals surface area contributed by atoms with Gasteiger partial charge >= 0.3 is 0 Å². The van der Waals surface area contributed by atoms with Crippen molar-refractivity contribution in [3.05, 3.63) is 12.7 Å². The zero-order valence-corrected chi connectivity index (χ0v) is 9.91. The van der Waals surface area contributed by atoms with Gasteiger partial charge in [0.2, 0.25) is 0 Å². The van der Waals surface area contributed by atoms with Gasteiger partial charge in [-0.2, -0.15) is 0 Å². The van der Waals surface area contributed by atoms with Crippen LogP contribution in [0, 0.1) is 0 Å². The van der Waals surface area contributed by atoms with Crippen LogP contribution in [0.25, 0.3) is 0 Å². The van der Waals surface area contributed by atoms with Gasteiger partial charge in [-0.15, -0.1) is 6.58 Å². The van der Waals surface area contributed by atoms with Crippen LogP contribution in [0.1, 0.15) is 40.5 Å². The van der Waals surface area contributed by atoms with Gasteiger partial charge in [0, 0.05) is 6.04 Å². The summed E-state index contributed by atoms with van der Waals surface area (Å²) in [5, 5.41) is 0. The zero-order valence-electron chi connectivity index (χ0n) is 9.09. The van der Waals surface area contributed by atoms with Crippen LogP contribution in [0.15, 0.2) is 12.7 Å². The summed E-state index contributed by atoms with van der Waals surface area (Å²) in [4.78, 5) is 0. The van der Waals surface area contributed by atoms with Crippen LogP contribution in [0.3, 0.4) is 0 Å². The lowest BCUT2D eigenvalue weighted by atomic mass is 10.2. The number of rotatable bonds is 5. The maximum Gasteiger partial charge on any atom is 0.0972 e. The van der Waals surface area contributed by atoms with Crippen molar-refractivity contribution in [2.45, 2.75) is 51.3 Å². The second-order valence-corrected chi connectivity index (χ2v) is 6.13. The molecule has 3 heteroatoms. The van der Waals surface area contributed by atoms with E-state index in [0.29, 0.717) is 0 Å². The monoisotopic (exact) mass is 203 g/mol. The van der Waals surface area contributed by atoms with Gasteiger partial charge in [0.1, 0.15) is 0 Å². The average Bonchev–Trinajstić information content (AvgIpc) is 2.01. The molecule has 0 aromatic heterocycles. The van der Waals surface area contributed by atoms with E-state index in [-0.39, 0.29) is 10.8 Å². The molecule has 0 fully saturated rings. The highest BCUT2D eigenvalue weighted by molar-refractivity contribution is 7.84. The Hall–Kier alpha value is -0.150. The Morgan fingerprint density at radius 3 is 2.38 bits per heavy atom. The van der Waals surface area contributed by atoms with Gasteiger partial charge in [0.25, 0.3) is 0 Å². The van der Waals surface area contributed by atoms with Crippen LogP contribution in [0.5, 0.6) is 0 Å². The largest absolute Gasteiger partial charge is 0.242 e. The lowest BCUT2D eigenvalue weighted by molar-refractivity contribution is 0.574. The topological polar surface area (TPSA) is 29.1 Å². The third-order valence-electron chi connectivity index (χ3n) is 1.77. The number of hydrogen-bond donors (Lipinski definition) is 1. The van der Waals surface area contributed by atoms with Crippen molar-refractivity contribution in [2.24, 2.45) is 0 Å². The van der Waals surface area contributed by atoms with E-state index in [2.05, 4.69) is 18.2 Å². The third kappa shape index (κ3) is 5.21. The van der Waals surface area contributed by atoms with Gasteiger partial charge in [0.05, 0.1) is 15.7 Å². The van der Waals surface area contributed by atoms with Crippen LogP contribution in [0.4, 0.5) is 0 Å². The van der Waals surface area contributed by atoms with Crippen molar-refractivity contribution in [1.29, 1.82) is 0 Å². The Labute approximate surface area is 84.4 Å². The van der Waals surface area contributed by atoms with Gasteiger partial charge in [0.15, 0.2) is 0 Å². The predicted octanol–water partition coefficient (Wildman–Crippen LogP) is 2.39.